The lowest BCUT2D eigenvalue weighted by Gasteiger charge is -2.23. The smallest absolute Gasteiger partial charge is 0.417 e. The molecule has 2 aromatic carbocycles. The molecule has 162 valence electrons. The van der Waals surface area contributed by atoms with Crippen LogP contribution >= 0.6 is 0 Å². The highest BCUT2D eigenvalue weighted by molar-refractivity contribution is 5.44. The van der Waals surface area contributed by atoms with Gasteiger partial charge in [-0.1, -0.05) is 6.07 Å². The highest BCUT2D eigenvalue weighted by Gasteiger charge is 2.51. The van der Waals surface area contributed by atoms with E-state index < -0.39 is 41.5 Å². The molecule has 0 radical (unpaired) electrons. The van der Waals surface area contributed by atoms with Gasteiger partial charge in [-0.3, -0.25) is 5.32 Å². The summed E-state index contributed by atoms with van der Waals surface area (Å²) in [5, 5.41) is 20.1. The molecule has 0 aliphatic carbocycles. The molecule has 3 rings (SSSR count). The topological polar surface area (TPSA) is 68.8 Å². The van der Waals surface area contributed by atoms with Gasteiger partial charge in [0.2, 0.25) is 0 Å². The van der Waals surface area contributed by atoms with Crippen LogP contribution in [0, 0.1) is 22.7 Å². The largest absolute Gasteiger partial charge is 0.492 e. The fourth-order valence-corrected chi connectivity index (χ4v) is 3.60. The van der Waals surface area contributed by atoms with Crippen molar-refractivity contribution in [3.05, 3.63) is 64.7 Å². The van der Waals surface area contributed by atoms with Crippen molar-refractivity contribution in [1.29, 1.82) is 10.5 Å². The maximum atomic E-state index is 13.6. The van der Waals surface area contributed by atoms with E-state index >= 15 is 0 Å². The van der Waals surface area contributed by atoms with Gasteiger partial charge in [-0.25, -0.2) is 0 Å². The third-order valence-corrected chi connectivity index (χ3v) is 5.04. The van der Waals surface area contributed by atoms with Crippen LogP contribution in [0.2, 0.25) is 0 Å². The van der Waals surface area contributed by atoms with E-state index in [0.29, 0.717) is 17.4 Å². The third-order valence-electron chi connectivity index (χ3n) is 5.04. The summed E-state index contributed by atoms with van der Waals surface area (Å²) in [6.07, 6.45) is -9.66. The molecule has 0 spiro atoms. The fourth-order valence-electron chi connectivity index (χ4n) is 3.60. The molecule has 1 heterocycles. The molecule has 1 saturated heterocycles. The van der Waals surface area contributed by atoms with Gasteiger partial charge >= 0.3 is 12.4 Å². The van der Waals surface area contributed by atoms with Crippen LogP contribution in [0.25, 0.3) is 0 Å². The average molecular weight is 439 g/mol. The molecule has 1 fully saturated rings. The number of ether oxygens (including phenoxy) is 1. The Hall–Kier alpha value is -3.24. The minimum Gasteiger partial charge on any atom is -0.492 e. The van der Waals surface area contributed by atoms with Gasteiger partial charge in [0.25, 0.3) is 0 Å². The van der Waals surface area contributed by atoms with Gasteiger partial charge in [0.15, 0.2) is 0 Å². The van der Waals surface area contributed by atoms with Gasteiger partial charge in [0.1, 0.15) is 18.4 Å². The summed E-state index contributed by atoms with van der Waals surface area (Å²) >= 11 is 0. The molecule has 2 aromatic rings. The van der Waals surface area contributed by atoms with Crippen molar-refractivity contribution in [3.63, 3.8) is 0 Å². The predicted octanol–water partition coefficient (Wildman–Crippen LogP) is 4.90. The molecule has 1 N–H and O–H groups in total. The standard InChI is InChI=1S/C21H15F6N3O/c22-20(23,24)18-7-13(3-4-14(18)10-29)17-8-15(30-19(17)21(25,26)27)11-31-16-5-1-12(9-28)2-6-16/h1-7,15,17,19,30H,8,11H2/t15-,17?,19+/m1/s1. The second kappa shape index (κ2) is 8.48. The van der Waals surface area contributed by atoms with Gasteiger partial charge in [-0.05, 0) is 48.4 Å². The Kier molecular flexibility index (Phi) is 6.14. The molecular weight excluding hydrogens is 424 g/mol. The van der Waals surface area contributed by atoms with Crippen LogP contribution < -0.4 is 10.1 Å². The van der Waals surface area contributed by atoms with Crippen LogP contribution in [-0.4, -0.2) is 24.9 Å². The van der Waals surface area contributed by atoms with Crippen LogP contribution in [0.5, 0.6) is 5.75 Å². The number of nitrogens with one attached hydrogen (secondary N) is 1. The van der Waals surface area contributed by atoms with E-state index in [0.717, 1.165) is 12.1 Å². The van der Waals surface area contributed by atoms with E-state index in [1.54, 1.807) is 0 Å². The molecule has 10 heteroatoms. The molecule has 0 amide bonds. The van der Waals surface area contributed by atoms with E-state index in [1.165, 1.54) is 30.3 Å². The van der Waals surface area contributed by atoms with Crippen LogP contribution in [0.15, 0.2) is 42.5 Å². The fraction of sp³-hybridized carbons (Fsp3) is 0.333. The number of nitriles is 2. The van der Waals surface area contributed by atoms with Crippen LogP contribution in [-0.2, 0) is 6.18 Å². The van der Waals surface area contributed by atoms with Crippen molar-refractivity contribution in [3.8, 4) is 17.9 Å². The summed E-state index contributed by atoms with van der Waals surface area (Å²) in [5.74, 6) is -0.922. The summed E-state index contributed by atoms with van der Waals surface area (Å²) in [4.78, 5) is 0. The Labute approximate surface area is 173 Å². The maximum absolute atomic E-state index is 13.6. The van der Waals surface area contributed by atoms with Crippen molar-refractivity contribution in [1.82, 2.24) is 5.32 Å². The number of rotatable bonds is 4. The van der Waals surface area contributed by atoms with Gasteiger partial charge in [-0.15, -0.1) is 0 Å². The first-order valence-corrected chi connectivity index (χ1v) is 9.10. The van der Waals surface area contributed by atoms with Crippen molar-refractivity contribution >= 4 is 0 Å². The number of nitrogens with zero attached hydrogens (tertiary/aromatic N) is 2. The van der Waals surface area contributed by atoms with Crippen LogP contribution in [0.1, 0.15) is 34.6 Å². The van der Waals surface area contributed by atoms with E-state index in [-0.39, 0.29) is 18.6 Å². The van der Waals surface area contributed by atoms with Gasteiger partial charge in [0, 0.05) is 12.0 Å². The number of halogens is 6. The third kappa shape index (κ3) is 5.09. The van der Waals surface area contributed by atoms with E-state index in [1.807, 2.05) is 6.07 Å². The number of hydrogen-bond donors (Lipinski definition) is 1. The molecule has 3 atom stereocenters. The molecule has 0 aromatic heterocycles. The molecule has 1 aliphatic heterocycles. The first-order valence-electron chi connectivity index (χ1n) is 9.10. The summed E-state index contributed by atoms with van der Waals surface area (Å²) in [5.41, 5.74) is -1.66. The first-order chi connectivity index (χ1) is 14.5. The molecule has 0 bridgehead atoms. The number of hydrogen-bond acceptors (Lipinski definition) is 4. The second-order valence-corrected chi connectivity index (χ2v) is 7.09. The minimum absolute atomic E-state index is 0.107. The quantitative estimate of drug-likeness (QED) is 0.688. The highest BCUT2D eigenvalue weighted by atomic mass is 19.4. The monoisotopic (exact) mass is 439 g/mol. The minimum atomic E-state index is -4.86. The van der Waals surface area contributed by atoms with Gasteiger partial charge in [-0.2, -0.15) is 36.9 Å². The van der Waals surface area contributed by atoms with Crippen molar-refractivity contribution < 1.29 is 31.1 Å². The van der Waals surface area contributed by atoms with Crippen LogP contribution in [0.4, 0.5) is 26.3 Å². The zero-order chi connectivity index (χ0) is 22.8. The van der Waals surface area contributed by atoms with Gasteiger partial charge in [0.05, 0.1) is 28.8 Å². The van der Waals surface area contributed by atoms with Crippen molar-refractivity contribution in [2.75, 3.05) is 6.61 Å². The lowest BCUT2D eigenvalue weighted by atomic mass is 9.88. The number of alkyl halides is 6. The lowest BCUT2D eigenvalue weighted by molar-refractivity contribution is -0.156. The zero-order valence-corrected chi connectivity index (χ0v) is 15.8. The first kappa shape index (κ1) is 22.4. The van der Waals surface area contributed by atoms with Gasteiger partial charge < -0.3 is 4.74 Å². The lowest BCUT2D eigenvalue weighted by Crippen LogP contribution is -2.44. The Morgan fingerprint density at radius 2 is 1.65 bits per heavy atom. The summed E-state index contributed by atoms with van der Waals surface area (Å²) in [7, 11) is 0. The zero-order valence-electron chi connectivity index (χ0n) is 15.8. The molecule has 1 aliphatic rings. The number of benzene rings is 2. The molecule has 31 heavy (non-hydrogen) atoms. The molecular formula is C21H15F6N3O. The van der Waals surface area contributed by atoms with Crippen molar-refractivity contribution in [2.24, 2.45) is 0 Å². The summed E-state index contributed by atoms with van der Waals surface area (Å²) in [6, 6.07) is 9.16. The highest BCUT2D eigenvalue weighted by Crippen LogP contribution is 2.42. The summed E-state index contributed by atoms with van der Waals surface area (Å²) < 4.78 is 86.0. The summed E-state index contributed by atoms with van der Waals surface area (Å²) in [6.45, 7) is -0.141. The van der Waals surface area contributed by atoms with E-state index in [2.05, 4.69) is 5.32 Å². The van der Waals surface area contributed by atoms with Crippen molar-refractivity contribution in [2.45, 2.75) is 36.8 Å². The Morgan fingerprint density at radius 3 is 2.19 bits per heavy atom. The maximum Gasteiger partial charge on any atom is 0.417 e. The second-order valence-electron chi connectivity index (χ2n) is 7.09. The van der Waals surface area contributed by atoms with E-state index in [4.69, 9.17) is 15.3 Å². The SMILES string of the molecule is N#Cc1ccc(OC[C@H]2CC(c3ccc(C#N)c(C(F)(F)F)c3)[C@@H](C(F)(F)F)N2)cc1. The average Bonchev–Trinajstić information content (AvgIpc) is 3.16. The Balaban J connectivity index is 1.82. The van der Waals surface area contributed by atoms with Crippen LogP contribution in [0.3, 0.4) is 0 Å². The van der Waals surface area contributed by atoms with E-state index in [9.17, 15) is 26.3 Å². The Morgan fingerprint density at radius 1 is 0.968 bits per heavy atom. The predicted molar refractivity (Wildman–Crippen MR) is 96.9 cm³/mol. The molecule has 1 unspecified atom stereocenters. The molecule has 4 nitrogen and oxygen atoms in total. The Bertz CT molecular complexity index is 1020. The normalized spacial score (nSPS) is 21.4. The molecule has 0 saturated carbocycles.